The molecule has 2 N–H and O–H groups in total. The van der Waals surface area contributed by atoms with E-state index in [-0.39, 0.29) is 0 Å². The maximum atomic E-state index is 6.49. The summed E-state index contributed by atoms with van der Waals surface area (Å²) in [6, 6.07) is 16.4. The summed E-state index contributed by atoms with van der Waals surface area (Å²) in [6.07, 6.45) is 4.54. The van der Waals surface area contributed by atoms with Crippen molar-refractivity contribution in [2.24, 2.45) is 0 Å². The third-order valence-electron chi connectivity index (χ3n) is 5.01. The van der Waals surface area contributed by atoms with Gasteiger partial charge in [0.15, 0.2) is 0 Å². The van der Waals surface area contributed by atoms with E-state index >= 15 is 0 Å². The van der Waals surface area contributed by atoms with Gasteiger partial charge in [-0.15, -0.1) is 0 Å². The van der Waals surface area contributed by atoms with Crippen molar-refractivity contribution >= 4 is 33.4 Å². The molecule has 5 aromatic rings. The van der Waals surface area contributed by atoms with Crippen LogP contribution in [0, 0.1) is 6.92 Å². The fraction of sp³-hybridized carbons (Fsp3) is 0.0909. The molecule has 3 heterocycles. The van der Waals surface area contributed by atoms with E-state index in [4.69, 9.17) is 11.6 Å². The largest absolute Gasteiger partial charge is 0.353 e. The molecule has 0 fully saturated rings. The van der Waals surface area contributed by atoms with E-state index in [0.29, 0.717) is 5.02 Å². The number of aromatic nitrogens is 4. The quantitative estimate of drug-likeness (QED) is 0.429. The second-order valence-electron chi connectivity index (χ2n) is 6.73. The fourth-order valence-corrected chi connectivity index (χ4v) is 3.93. The van der Waals surface area contributed by atoms with Crippen LogP contribution in [-0.2, 0) is 6.42 Å². The van der Waals surface area contributed by atoms with Crippen LogP contribution in [0.25, 0.3) is 32.9 Å². The number of nitrogens with one attached hydrogen (secondary N) is 2. The molecule has 0 spiro atoms. The van der Waals surface area contributed by atoms with Crippen LogP contribution in [0.3, 0.4) is 0 Å². The van der Waals surface area contributed by atoms with Gasteiger partial charge in [-0.3, -0.25) is 10.1 Å². The van der Waals surface area contributed by atoms with Crippen LogP contribution >= 0.6 is 11.6 Å². The summed E-state index contributed by atoms with van der Waals surface area (Å²) in [6.45, 7) is 2.01. The van der Waals surface area contributed by atoms with Gasteiger partial charge in [0, 0.05) is 45.7 Å². The predicted octanol–water partition coefficient (Wildman–Crippen LogP) is 5.66. The second kappa shape index (κ2) is 6.25. The first-order valence-corrected chi connectivity index (χ1v) is 9.22. The lowest BCUT2D eigenvalue weighted by Gasteiger charge is -2.06. The molecule has 5 rings (SSSR count). The van der Waals surface area contributed by atoms with Crippen LogP contribution in [0.1, 0.15) is 17.0 Å². The Morgan fingerprint density at radius 2 is 1.81 bits per heavy atom. The third kappa shape index (κ3) is 2.69. The van der Waals surface area contributed by atoms with Crippen molar-refractivity contribution in [2.75, 3.05) is 0 Å². The molecule has 4 nitrogen and oxygen atoms in total. The summed E-state index contributed by atoms with van der Waals surface area (Å²) in [5, 5.41) is 10.5. The number of hydrogen-bond acceptors (Lipinski definition) is 2. The molecular formula is C22H17ClN4. The van der Waals surface area contributed by atoms with E-state index in [9.17, 15) is 0 Å². The van der Waals surface area contributed by atoms with Gasteiger partial charge in [0.05, 0.1) is 22.4 Å². The van der Waals surface area contributed by atoms with Gasteiger partial charge < -0.3 is 4.98 Å². The Bertz CT molecular complexity index is 1270. The normalized spacial score (nSPS) is 11.5. The number of halogens is 1. The summed E-state index contributed by atoms with van der Waals surface area (Å²) in [5.74, 6) is 0. The molecule has 132 valence electrons. The van der Waals surface area contributed by atoms with Gasteiger partial charge >= 0.3 is 0 Å². The molecule has 3 aromatic heterocycles. The molecule has 0 aliphatic carbocycles. The van der Waals surface area contributed by atoms with Gasteiger partial charge in [-0.1, -0.05) is 41.9 Å². The number of nitrogens with zero attached hydrogens (tertiary/aromatic N) is 2. The number of hydrogen-bond donors (Lipinski definition) is 2. The number of aryl methyl sites for hydroxylation is 1. The Morgan fingerprint density at radius 3 is 2.67 bits per heavy atom. The molecular weight excluding hydrogens is 356 g/mol. The number of fused-ring (bicyclic) bond motifs is 3. The topological polar surface area (TPSA) is 57.4 Å². The van der Waals surface area contributed by atoms with Gasteiger partial charge in [0.25, 0.3) is 0 Å². The van der Waals surface area contributed by atoms with E-state index in [0.717, 1.165) is 50.7 Å². The van der Waals surface area contributed by atoms with Crippen LogP contribution in [0.2, 0.25) is 5.02 Å². The molecule has 0 atom stereocenters. The highest BCUT2D eigenvalue weighted by Crippen LogP contribution is 2.37. The average Bonchev–Trinajstić information content (AvgIpc) is 3.28. The lowest BCUT2D eigenvalue weighted by Crippen LogP contribution is -1.92. The zero-order valence-corrected chi connectivity index (χ0v) is 15.5. The van der Waals surface area contributed by atoms with Crippen LogP contribution in [0.4, 0.5) is 0 Å². The highest BCUT2D eigenvalue weighted by atomic mass is 35.5. The lowest BCUT2D eigenvalue weighted by atomic mass is 9.99. The van der Waals surface area contributed by atoms with E-state index in [1.54, 1.807) is 0 Å². The van der Waals surface area contributed by atoms with Crippen molar-refractivity contribution in [1.29, 1.82) is 0 Å². The molecule has 27 heavy (non-hydrogen) atoms. The Balaban J connectivity index is 1.74. The molecule has 0 saturated heterocycles. The molecule has 0 unspecified atom stereocenters. The number of pyridine rings is 1. The molecule has 5 heteroatoms. The highest BCUT2D eigenvalue weighted by molar-refractivity contribution is 6.32. The number of rotatable bonds is 3. The van der Waals surface area contributed by atoms with E-state index < -0.39 is 0 Å². The SMILES string of the molecule is Cc1nccc2c1[nH]c1c(-c3c[nH]nc3Cc3ccccc3)cc(Cl)cc12. The second-order valence-corrected chi connectivity index (χ2v) is 7.16. The maximum absolute atomic E-state index is 6.49. The minimum atomic E-state index is 0.708. The smallest absolute Gasteiger partial charge is 0.0744 e. The van der Waals surface area contributed by atoms with E-state index in [1.807, 2.05) is 55.7 Å². The number of aromatic amines is 2. The van der Waals surface area contributed by atoms with Gasteiger partial charge in [0.2, 0.25) is 0 Å². The van der Waals surface area contributed by atoms with Crippen LogP contribution in [0.5, 0.6) is 0 Å². The summed E-state index contributed by atoms with van der Waals surface area (Å²) in [4.78, 5) is 7.97. The lowest BCUT2D eigenvalue weighted by molar-refractivity contribution is 0.997. The Hall–Kier alpha value is -3.11. The zero-order valence-electron chi connectivity index (χ0n) is 14.8. The van der Waals surface area contributed by atoms with Crippen LogP contribution in [-0.4, -0.2) is 20.2 Å². The van der Waals surface area contributed by atoms with E-state index in [1.165, 1.54) is 5.56 Å². The van der Waals surface area contributed by atoms with Gasteiger partial charge in [-0.2, -0.15) is 5.10 Å². The number of benzene rings is 2. The molecule has 0 radical (unpaired) electrons. The predicted molar refractivity (Wildman–Crippen MR) is 110 cm³/mol. The highest BCUT2D eigenvalue weighted by Gasteiger charge is 2.16. The molecule has 0 saturated carbocycles. The van der Waals surface area contributed by atoms with Crippen molar-refractivity contribution in [1.82, 2.24) is 20.2 Å². The first-order valence-electron chi connectivity index (χ1n) is 8.84. The fourth-order valence-electron chi connectivity index (χ4n) is 3.72. The van der Waals surface area contributed by atoms with Crippen molar-refractivity contribution in [2.45, 2.75) is 13.3 Å². The van der Waals surface area contributed by atoms with Crippen molar-refractivity contribution < 1.29 is 0 Å². The molecule has 0 bridgehead atoms. The average molecular weight is 373 g/mol. The summed E-state index contributed by atoms with van der Waals surface area (Å²) in [5.41, 5.74) is 7.41. The van der Waals surface area contributed by atoms with Gasteiger partial charge in [-0.25, -0.2) is 0 Å². The van der Waals surface area contributed by atoms with Gasteiger partial charge in [-0.05, 0) is 30.7 Å². The standard InChI is InChI=1S/C22H17ClN4/c1-13-21-16(7-8-24-13)17-10-15(23)11-18(22(17)26-21)19-12-25-27-20(19)9-14-5-3-2-4-6-14/h2-8,10-12,26H,9H2,1H3,(H,25,27). The summed E-state index contributed by atoms with van der Waals surface area (Å²) < 4.78 is 0. The summed E-state index contributed by atoms with van der Waals surface area (Å²) in [7, 11) is 0. The monoisotopic (exact) mass is 372 g/mol. The molecule has 0 aliphatic heterocycles. The Labute approximate surface area is 161 Å². The molecule has 0 amide bonds. The third-order valence-corrected chi connectivity index (χ3v) is 5.23. The van der Waals surface area contributed by atoms with Gasteiger partial charge in [0.1, 0.15) is 0 Å². The maximum Gasteiger partial charge on any atom is 0.0744 e. The minimum absolute atomic E-state index is 0.708. The summed E-state index contributed by atoms with van der Waals surface area (Å²) >= 11 is 6.49. The minimum Gasteiger partial charge on any atom is -0.353 e. The first kappa shape index (κ1) is 16.1. The number of H-pyrrole nitrogens is 2. The first-order chi connectivity index (χ1) is 13.2. The Morgan fingerprint density at radius 1 is 0.963 bits per heavy atom. The van der Waals surface area contributed by atoms with Crippen molar-refractivity contribution in [3.8, 4) is 11.1 Å². The molecule has 0 aliphatic rings. The van der Waals surface area contributed by atoms with Crippen LogP contribution in [0.15, 0.2) is 60.9 Å². The molecule has 2 aromatic carbocycles. The van der Waals surface area contributed by atoms with E-state index in [2.05, 4.69) is 32.3 Å². The Kier molecular flexibility index (Phi) is 3.73. The zero-order chi connectivity index (χ0) is 18.4. The van der Waals surface area contributed by atoms with Crippen molar-refractivity contribution in [3.63, 3.8) is 0 Å². The van der Waals surface area contributed by atoms with Crippen LogP contribution < -0.4 is 0 Å². The van der Waals surface area contributed by atoms with Crippen molar-refractivity contribution in [3.05, 3.63) is 82.9 Å².